The van der Waals surface area contributed by atoms with E-state index in [0.29, 0.717) is 12.2 Å². The molecule has 1 amide bonds. The third-order valence-corrected chi connectivity index (χ3v) is 2.79. The third kappa shape index (κ3) is 5.94. The van der Waals surface area contributed by atoms with Gasteiger partial charge in [0.05, 0.1) is 13.5 Å². The molecule has 0 aliphatic carbocycles. The molecule has 3 N–H and O–H groups in total. The van der Waals surface area contributed by atoms with Gasteiger partial charge in [-0.1, -0.05) is 12.1 Å². The van der Waals surface area contributed by atoms with Gasteiger partial charge in [-0.3, -0.25) is 9.59 Å². The molecule has 0 fully saturated rings. The number of rotatable bonds is 8. The maximum Gasteiger partial charge on any atom is 0.326 e. The topological polar surface area (TPSA) is 113 Å². The van der Waals surface area contributed by atoms with Crippen LogP contribution in [0.25, 0.3) is 0 Å². The Morgan fingerprint density at radius 1 is 1.29 bits per heavy atom. The summed E-state index contributed by atoms with van der Waals surface area (Å²) in [5.41, 5.74) is 0.870. The average molecular weight is 295 g/mol. The molecular formula is C14H17NO6. The fraction of sp³-hybridized carbons (Fsp3) is 0.357. The molecule has 1 unspecified atom stereocenters. The Morgan fingerprint density at radius 3 is 2.57 bits per heavy atom. The quantitative estimate of drug-likeness (QED) is 0.649. The molecule has 1 aromatic carbocycles. The van der Waals surface area contributed by atoms with Crippen LogP contribution in [-0.4, -0.2) is 41.2 Å². The number of benzene rings is 1. The van der Waals surface area contributed by atoms with Crippen molar-refractivity contribution in [3.8, 4) is 5.75 Å². The third-order valence-electron chi connectivity index (χ3n) is 2.79. The fourth-order valence-electron chi connectivity index (χ4n) is 1.73. The molecule has 0 saturated heterocycles. The second kappa shape index (κ2) is 7.88. The number of aryl methyl sites for hydroxylation is 1. The smallest absolute Gasteiger partial charge is 0.326 e. The highest BCUT2D eigenvalue weighted by Gasteiger charge is 2.22. The molecule has 1 atom stereocenters. The van der Waals surface area contributed by atoms with Crippen LogP contribution < -0.4 is 10.1 Å². The van der Waals surface area contributed by atoms with Crippen LogP contribution in [0.1, 0.15) is 18.4 Å². The molecule has 21 heavy (non-hydrogen) atoms. The summed E-state index contributed by atoms with van der Waals surface area (Å²) in [6.45, 7) is 0. The predicted octanol–water partition coefficient (Wildman–Crippen LogP) is 0.672. The molecule has 114 valence electrons. The van der Waals surface area contributed by atoms with Crippen molar-refractivity contribution in [3.63, 3.8) is 0 Å². The normalized spacial score (nSPS) is 11.5. The van der Waals surface area contributed by atoms with Crippen LogP contribution in [0.15, 0.2) is 24.3 Å². The molecule has 0 saturated carbocycles. The van der Waals surface area contributed by atoms with Gasteiger partial charge in [-0.15, -0.1) is 0 Å². The van der Waals surface area contributed by atoms with Crippen molar-refractivity contribution >= 4 is 17.8 Å². The Bertz CT molecular complexity index is 528. The van der Waals surface area contributed by atoms with Gasteiger partial charge in [-0.05, 0) is 24.1 Å². The van der Waals surface area contributed by atoms with Gasteiger partial charge in [0, 0.05) is 6.42 Å². The number of nitrogens with one attached hydrogen (secondary N) is 1. The number of carbonyl (C=O) groups is 3. The minimum absolute atomic E-state index is 0.0660. The number of methoxy groups -OCH3 is 1. The van der Waals surface area contributed by atoms with E-state index < -0.39 is 30.3 Å². The number of aliphatic carboxylic acids is 2. The van der Waals surface area contributed by atoms with Crippen LogP contribution in [0.2, 0.25) is 0 Å². The molecule has 0 spiro atoms. The van der Waals surface area contributed by atoms with E-state index in [2.05, 4.69) is 5.32 Å². The standard InChI is InChI=1S/C14H17NO6/c1-21-10-4-2-3-9(7-10)5-6-12(16)15-11(14(19)20)8-13(17)18/h2-4,7,11H,5-6,8H2,1H3,(H,15,16)(H,17,18)(H,19,20). The van der Waals surface area contributed by atoms with Gasteiger partial charge in [-0.2, -0.15) is 0 Å². The van der Waals surface area contributed by atoms with Crippen LogP contribution in [0.4, 0.5) is 0 Å². The number of carboxylic acids is 2. The van der Waals surface area contributed by atoms with Gasteiger partial charge in [0.15, 0.2) is 0 Å². The first-order valence-corrected chi connectivity index (χ1v) is 6.29. The maximum absolute atomic E-state index is 11.7. The summed E-state index contributed by atoms with van der Waals surface area (Å²) < 4.78 is 5.06. The van der Waals surface area contributed by atoms with E-state index in [0.717, 1.165) is 5.56 Å². The Kier molecular flexibility index (Phi) is 6.19. The molecule has 7 nitrogen and oxygen atoms in total. The zero-order valence-corrected chi connectivity index (χ0v) is 11.5. The summed E-state index contributed by atoms with van der Waals surface area (Å²) in [6, 6.07) is 5.74. The molecule has 0 bridgehead atoms. The van der Waals surface area contributed by atoms with E-state index in [1.54, 1.807) is 18.2 Å². The van der Waals surface area contributed by atoms with Gasteiger partial charge in [-0.25, -0.2) is 4.79 Å². The SMILES string of the molecule is COc1cccc(CCC(=O)NC(CC(=O)O)C(=O)O)c1. The van der Waals surface area contributed by atoms with Gasteiger partial charge >= 0.3 is 11.9 Å². The van der Waals surface area contributed by atoms with E-state index in [1.165, 1.54) is 7.11 Å². The maximum atomic E-state index is 11.7. The Hall–Kier alpha value is -2.57. The molecular weight excluding hydrogens is 278 g/mol. The van der Waals surface area contributed by atoms with Crippen LogP contribution >= 0.6 is 0 Å². The van der Waals surface area contributed by atoms with E-state index in [-0.39, 0.29) is 6.42 Å². The van der Waals surface area contributed by atoms with Crippen molar-refractivity contribution in [1.29, 1.82) is 0 Å². The lowest BCUT2D eigenvalue weighted by molar-refractivity contribution is -0.147. The number of hydrogen-bond acceptors (Lipinski definition) is 4. The van der Waals surface area contributed by atoms with Gasteiger partial charge in [0.2, 0.25) is 5.91 Å². The fourth-order valence-corrected chi connectivity index (χ4v) is 1.73. The molecule has 7 heteroatoms. The zero-order valence-electron chi connectivity index (χ0n) is 11.5. The minimum atomic E-state index is -1.42. The first-order valence-electron chi connectivity index (χ1n) is 6.29. The van der Waals surface area contributed by atoms with Gasteiger partial charge < -0.3 is 20.3 Å². The first kappa shape index (κ1) is 16.5. The Balaban J connectivity index is 2.52. The van der Waals surface area contributed by atoms with E-state index in [4.69, 9.17) is 14.9 Å². The van der Waals surface area contributed by atoms with Gasteiger partial charge in [0.25, 0.3) is 0 Å². The highest BCUT2D eigenvalue weighted by molar-refractivity contribution is 5.86. The highest BCUT2D eigenvalue weighted by Crippen LogP contribution is 2.13. The second-order valence-corrected chi connectivity index (χ2v) is 4.41. The molecule has 0 heterocycles. The van der Waals surface area contributed by atoms with E-state index in [9.17, 15) is 14.4 Å². The van der Waals surface area contributed by atoms with Crippen LogP contribution in [0.3, 0.4) is 0 Å². The van der Waals surface area contributed by atoms with Crippen molar-refractivity contribution in [2.45, 2.75) is 25.3 Å². The molecule has 1 aromatic rings. The Labute approximate surface area is 121 Å². The van der Waals surface area contributed by atoms with Crippen molar-refractivity contribution in [2.75, 3.05) is 7.11 Å². The lowest BCUT2D eigenvalue weighted by Crippen LogP contribution is -2.42. The van der Waals surface area contributed by atoms with E-state index >= 15 is 0 Å². The molecule has 0 aliphatic heterocycles. The van der Waals surface area contributed by atoms with Crippen LogP contribution in [-0.2, 0) is 20.8 Å². The largest absolute Gasteiger partial charge is 0.497 e. The number of carboxylic acid groups (broad SMARTS) is 2. The summed E-state index contributed by atoms with van der Waals surface area (Å²) in [7, 11) is 1.54. The van der Waals surface area contributed by atoms with Crippen molar-refractivity contribution in [3.05, 3.63) is 29.8 Å². The monoisotopic (exact) mass is 295 g/mol. The second-order valence-electron chi connectivity index (χ2n) is 4.41. The lowest BCUT2D eigenvalue weighted by atomic mass is 10.1. The summed E-state index contributed by atoms with van der Waals surface area (Å²) in [6.07, 6.45) is -0.181. The zero-order chi connectivity index (χ0) is 15.8. The van der Waals surface area contributed by atoms with Crippen LogP contribution in [0, 0.1) is 0 Å². The summed E-state index contributed by atoms with van der Waals surface area (Å²) >= 11 is 0. The summed E-state index contributed by atoms with van der Waals surface area (Å²) in [5, 5.41) is 19.6. The van der Waals surface area contributed by atoms with E-state index in [1.807, 2.05) is 6.07 Å². The van der Waals surface area contributed by atoms with Crippen molar-refractivity contribution < 1.29 is 29.3 Å². The molecule has 0 aromatic heterocycles. The first-order chi connectivity index (χ1) is 9.92. The highest BCUT2D eigenvalue weighted by atomic mass is 16.5. The molecule has 1 rings (SSSR count). The summed E-state index contributed by atoms with van der Waals surface area (Å²) in [4.78, 5) is 33.0. The number of amides is 1. The predicted molar refractivity (Wildman–Crippen MR) is 73.1 cm³/mol. The number of ether oxygens (including phenoxy) is 1. The van der Waals surface area contributed by atoms with Crippen molar-refractivity contribution in [2.24, 2.45) is 0 Å². The van der Waals surface area contributed by atoms with Gasteiger partial charge in [0.1, 0.15) is 11.8 Å². The number of carbonyl (C=O) groups excluding carboxylic acids is 1. The van der Waals surface area contributed by atoms with Crippen LogP contribution in [0.5, 0.6) is 5.75 Å². The lowest BCUT2D eigenvalue weighted by Gasteiger charge is -2.12. The Morgan fingerprint density at radius 2 is 2.00 bits per heavy atom. The van der Waals surface area contributed by atoms with Crippen molar-refractivity contribution in [1.82, 2.24) is 5.32 Å². The molecule has 0 aliphatic rings. The minimum Gasteiger partial charge on any atom is -0.497 e. The molecule has 0 radical (unpaired) electrons. The average Bonchev–Trinajstić information content (AvgIpc) is 2.44. The number of hydrogen-bond donors (Lipinski definition) is 3. The summed E-state index contributed by atoms with van der Waals surface area (Å²) in [5.74, 6) is -2.49.